The van der Waals surface area contributed by atoms with Gasteiger partial charge in [-0.1, -0.05) is 57.0 Å². The molecule has 2 atom stereocenters. The molecule has 0 saturated carbocycles. The van der Waals surface area contributed by atoms with Gasteiger partial charge in [0, 0.05) is 12.3 Å². The Kier molecular flexibility index (Phi) is 10.7. The second-order valence-electron chi connectivity index (χ2n) is 7.91. The SMILES string of the molecule is CC(C)CCCC(C)NC(=O)C(CCS(C)(=O)=O)NC(=O)OCc1ccccc1. The fourth-order valence-corrected chi connectivity index (χ4v) is 3.42. The van der Waals surface area contributed by atoms with Crippen LogP contribution in [-0.2, 0) is 26.0 Å². The Labute approximate surface area is 174 Å². The van der Waals surface area contributed by atoms with E-state index in [0.29, 0.717) is 5.92 Å². The van der Waals surface area contributed by atoms with E-state index < -0.39 is 27.9 Å². The molecule has 0 aromatic heterocycles. The van der Waals surface area contributed by atoms with Crippen LogP contribution in [0.2, 0.25) is 0 Å². The summed E-state index contributed by atoms with van der Waals surface area (Å²) in [6.07, 6.45) is 3.21. The predicted octanol–water partition coefficient (Wildman–Crippen LogP) is 3.05. The molecule has 29 heavy (non-hydrogen) atoms. The lowest BCUT2D eigenvalue weighted by Gasteiger charge is -2.21. The predicted molar refractivity (Wildman–Crippen MR) is 114 cm³/mol. The van der Waals surface area contributed by atoms with Crippen molar-refractivity contribution in [3.63, 3.8) is 0 Å². The molecule has 1 aromatic rings. The Morgan fingerprint density at radius 2 is 1.66 bits per heavy atom. The monoisotopic (exact) mass is 426 g/mol. The van der Waals surface area contributed by atoms with Crippen LogP contribution in [0.25, 0.3) is 0 Å². The molecule has 8 heteroatoms. The second kappa shape index (κ2) is 12.5. The van der Waals surface area contributed by atoms with E-state index in [2.05, 4.69) is 24.5 Å². The van der Waals surface area contributed by atoms with Crippen molar-refractivity contribution in [2.45, 2.75) is 65.1 Å². The van der Waals surface area contributed by atoms with Gasteiger partial charge >= 0.3 is 6.09 Å². The number of carbonyl (C=O) groups excluding carboxylic acids is 2. The highest BCUT2D eigenvalue weighted by Gasteiger charge is 2.24. The van der Waals surface area contributed by atoms with Gasteiger partial charge in [-0.2, -0.15) is 0 Å². The van der Waals surface area contributed by atoms with Crippen LogP contribution in [0.15, 0.2) is 30.3 Å². The molecule has 0 spiro atoms. The minimum Gasteiger partial charge on any atom is -0.445 e. The van der Waals surface area contributed by atoms with E-state index in [9.17, 15) is 18.0 Å². The first kappa shape index (κ1) is 24.9. The lowest BCUT2D eigenvalue weighted by atomic mass is 10.0. The third-order valence-electron chi connectivity index (χ3n) is 4.41. The summed E-state index contributed by atoms with van der Waals surface area (Å²) >= 11 is 0. The number of alkyl carbamates (subject to hydrolysis) is 1. The molecule has 0 saturated heterocycles. The van der Waals surface area contributed by atoms with Gasteiger partial charge in [-0.3, -0.25) is 4.79 Å². The van der Waals surface area contributed by atoms with Crippen LogP contribution < -0.4 is 10.6 Å². The normalized spacial score (nSPS) is 13.6. The smallest absolute Gasteiger partial charge is 0.408 e. The van der Waals surface area contributed by atoms with Crippen molar-refractivity contribution >= 4 is 21.8 Å². The highest BCUT2D eigenvalue weighted by atomic mass is 32.2. The summed E-state index contributed by atoms with van der Waals surface area (Å²) < 4.78 is 28.2. The summed E-state index contributed by atoms with van der Waals surface area (Å²) in [6, 6.07) is 8.13. The van der Waals surface area contributed by atoms with Crippen molar-refractivity contribution < 1.29 is 22.7 Å². The van der Waals surface area contributed by atoms with Crippen LogP contribution in [0, 0.1) is 5.92 Å². The molecule has 0 fully saturated rings. The van der Waals surface area contributed by atoms with Crippen molar-refractivity contribution in [2.75, 3.05) is 12.0 Å². The standard InChI is InChI=1S/C21H34N2O5S/c1-16(2)9-8-10-17(3)22-20(24)19(13-14-29(4,26)27)23-21(25)28-15-18-11-6-5-7-12-18/h5-7,11-12,16-17,19H,8-10,13-15H2,1-4H3,(H,22,24)(H,23,25). The fraction of sp³-hybridized carbons (Fsp3) is 0.619. The van der Waals surface area contributed by atoms with Gasteiger partial charge in [0.2, 0.25) is 5.91 Å². The van der Waals surface area contributed by atoms with Gasteiger partial charge in [0.25, 0.3) is 0 Å². The van der Waals surface area contributed by atoms with Crippen LogP contribution >= 0.6 is 0 Å². The number of nitrogens with one attached hydrogen (secondary N) is 2. The maximum Gasteiger partial charge on any atom is 0.408 e. The van der Waals surface area contributed by atoms with E-state index in [0.717, 1.165) is 31.1 Å². The highest BCUT2D eigenvalue weighted by Crippen LogP contribution is 2.09. The zero-order chi connectivity index (χ0) is 21.9. The molecule has 0 aliphatic carbocycles. The zero-order valence-electron chi connectivity index (χ0n) is 17.8. The van der Waals surface area contributed by atoms with E-state index in [1.807, 2.05) is 37.3 Å². The summed E-state index contributed by atoms with van der Waals surface area (Å²) in [5.74, 6) is -0.00462. The van der Waals surface area contributed by atoms with Gasteiger partial charge in [-0.25, -0.2) is 13.2 Å². The molecule has 2 unspecified atom stereocenters. The maximum atomic E-state index is 12.6. The summed E-state index contributed by atoms with van der Waals surface area (Å²) in [4.78, 5) is 24.7. The summed E-state index contributed by atoms with van der Waals surface area (Å²) in [5, 5.41) is 5.37. The van der Waals surface area contributed by atoms with Crippen molar-refractivity contribution in [1.29, 1.82) is 0 Å². The van der Waals surface area contributed by atoms with Crippen LogP contribution in [0.4, 0.5) is 4.79 Å². The summed E-state index contributed by atoms with van der Waals surface area (Å²) in [5.41, 5.74) is 0.818. The Balaban J connectivity index is 2.61. The molecule has 0 radical (unpaired) electrons. The lowest BCUT2D eigenvalue weighted by Crippen LogP contribution is -2.49. The number of amides is 2. The number of hydrogen-bond donors (Lipinski definition) is 2. The molecule has 0 aliphatic heterocycles. The quantitative estimate of drug-likeness (QED) is 0.535. The zero-order valence-corrected chi connectivity index (χ0v) is 18.6. The molecule has 164 valence electrons. The highest BCUT2D eigenvalue weighted by molar-refractivity contribution is 7.90. The van der Waals surface area contributed by atoms with Crippen molar-refractivity contribution in [2.24, 2.45) is 5.92 Å². The maximum absolute atomic E-state index is 12.6. The van der Waals surface area contributed by atoms with E-state index in [-0.39, 0.29) is 24.8 Å². The number of ether oxygens (including phenoxy) is 1. The Hall–Kier alpha value is -2.09. The topological polar surface area (TPSA) is 102 Å². The molecule has 0 bridgehead atoms. The number of sulfone groups is 1. The van der Waals surface area contributed by atoms with Gasteiger partial charge in [0.1, 0.15) is 22.5 Å². The van der Waals surface area contributed by atoms with Gasteiger partial charge in [-0.05, 0) is 31.2 Å². The van der Waals surface area contributed by atoms with Crippen LogP contribution in [-0.4, -0.2) is 44.5 Å². The molecule has 0 aliphatic rings. The molecular formula is C21H34N2O5S. The Morgan fingerprint density at radius 1 is 1.00 bits per heavy atom. The number of benzene rings is 1. The van der Waals surface area contributed by atoms with Gasteiger partial charge in [0.05, 0.1) is 5.75 Å². The summed E-state index contributed by atoms with van der Waals surface area (Å²) in [6.45, 7) is 6.27. The lowest BCUT2D eigenvalue weighted by molar-refractivity contribution is -0.123. The number of carbonyl (C=O) groups is 2. The number of hydrogen-bond acceptors (Lipinski definition) is 5. The molecule has 0 heterocycles. The minimum absolute atomic E-state index is 0.0101. The van der Waals surface area contributed by atoms with Gasteiger partial charge in [0.15, 0.2) is 0 Å². The van der Waals surface area contributed by atoms with Crippen molar-refractivity contribution in [3.05, 3.63) is 35.9 Å². The van der Waals surface area contributed by atoms with E-state index in [1.165, 1.54) is 0 Å². The third kappa shape index (κ3) is 12.2. The van der Waals surface area contributed by atoms with E-state index in [1.54, 1.807) is 0 Å². The van der Waals surface area contributed by atoms with Crippen molar-refractivity contribution in [1.82, 2.24) is 10.6 Å². The molecule has 7 nitrogen and oxygen atoms in total. The largest absolute Gasteiger partial charge is 0.445 e. The summed E-state index contributed by atoms with van der Waals surface area (Å²) in [7, 11) is -3.27. The first-order chi connectivity index (χ1) is 13.6. The van der Waals surface area contributed by atoms with E-state index in [4.69, 9.17) is 4.74 Å². The van der Waals surface area contributed by atoms with Crippen molar-refractivity contribution in [3.8, 4) is 0 Å². The Morgan fingerprint density at radius 3 is 2.24 bits per heavy atom. The fourth-order valence-electron chi connectivity index (χ4n) is 2.76. The van der Waals surface area contributed by atoms with Gasteiger partial charge < -0.3 is 15.4 Å². The second-order valence-corrected chi connectivity index (χ2v) is 10.2. The first-order valence-electron chi connectivity index (χ1n) is 10.0. The van der Waals surface area contributed by atoms with Crippen LogP contribution in [0.5, 0.6) is 0 Å². The third-order valence-corrected chi connectivity index (χ3v) is 5.38. The van der Waals surface area contributed by atoms with Crippen LogP contribution in [0.1, 0.15) is 52.0 Å². The minimum atomic E-state index is -3.27. The molecule has 2 N–H and O–H groups in total. The molecule has 1 rings (SSSR count). The Bertz CT molecular complexity index is 735. The number of rotatable bonds is 12. The van der Waals surface area contributed by atoms with Crippen LogP contribution in [0.3, 0.4) is 0 Å². The molecule has 2 amide bonds. The molecular weight excluding hydrogens is 392 g/mol. The van der Waals surface area contributed by atoms with Gasteiger partial charge in [-0.15, -0.1) is 0 Å². The average molecular weight is 427 g/mol. The first-order valence-corrected chi connectivity index (χ1v) is 12.1. The van der Waals surface area contributed by atoms with E-state index >= 15 is 0 Å². The molecule has 1 aromatic carbocycles. The average Bonchev–Trinajstić information content (AvgIpc) is 2.63.